The molecule has 3 nitrogen and oxygen atoms in total. The van der Waals surface area contributed by atoms with Crippen LogP contribution in [0.2, 0.25) is 0 Å². The van der Waals surface area contributed by atoms with Crippen molar-refractivity contribution in [1.82, 2.24) is 0 Å². The highest BCUT2D eigenvalue weighted by atomic mass is 16.5. The fourth-order valence-electron chi connectivity index (χ4n) is 1.89. The lowest BCUT2D eigenvalue weighted by Crippen LogP contribution is -2.32. The normalized spacial score (nSPS) is 33.3. The number of rotatable bonds is 1. The molecule has 1 saturated carbocycles. The lowest BCUT2D eigenvalue weighted by atomic mass is 9.92. The summed E-state index contributed by atoms with van der Waals surface area (Å²) in [5, 5.41) is 0. The maximum Gasteiger partial charge on any atom is 0.302 e. The highest BCUT2D eigenvalue weighted by Crippen LogP contribution is 2.37. The van der Waals surface area contributed by atoms with Crippen molar-refractivity contribution in [1.29, 1.82) is 0 Å². The molecule has 0 aliphatic heterocycles. The molecular weight excluding hydrogens is 154 g/mol. The topological polar surface area (TPSA) is 52.3 Å². The average Bonchev–Trinajstić information content (AvgIpc) is 2.03. The Labute approximate surface area is 73.3 Å². The van der Waals surface area contributed by atoms with Crippen molar-refractivity contribution in [3.63, 3.8) is 0 Å². The smallest absolute Gasteiger partial charge is 0.302 e. The molecule has 0 radical (unpaired) electrons. The predicted molar refractivity (Wildman–Crippen MR) is 46.5 cm³/mol. The van der Waals surface area contributed by atoms with Crippen molar-refractivity contribution < 1.29 is 9.53 Å². The predicted octanol–water partition coefficient (Wildman–Crippen LogP) is 1.07. The van der Waals surface area contributed by atoms with Gasteiger partial charge in [0.05, 0.1) is 0 Å². The van der Waals surface area contributed by atoms with Crippen molar-refractivity contribution in [2.24, 2.45) is 11.1 Å². The standard InChI is InChI=1S/C9H17NO2/c1-6(11)12-8-5-9(2,3)4-7(8)10/h7-8H,4-5,10H2,1-3H3. The molecule has 2 unspecified atom stereocenters. The molecule has 70 valence electrons. The van der Waals surface area contributed by atoms with Crippen LogP contribution in [0.5, 0.6) is 0 Å². The monoisotopic (exact) mass is 171 g/mol. The Morgan fingerprint density at radius 3 is 2.42 bits per heavy atom. The summed E-state index contributed by atoms with van der Waals surface area (Å²) in [5.74, 6) is -0.229. The van der Waals surface area contributed by atoms with Crippen molar-refractivity contribution in [3.05, 3.63) is 0 Å². The molecule has 0 amide bonds. The van der Waals surface area contributed by atoms with Gasteiger partial charge in [0.1, 0.15) is 6.10 Å². The zero-order valence-electron chi connectivity index (χ0n) is 7.96. The second kappa shape index (κ2) is 3.05. The third-order valence-electron chi connectivity index (χ3n) is 2.34. The first kappa shape index (κ1) is 9.52. The van der Waals surface area contributed by atoms with Crippen LogP contribution in [0.4, 0.5) is 0 Å². The van der Waals surface area contributed by atoms with Gasteiger partial charge in [0, 0.05) is 13.0 Å². The number of carbonyl (C=O) groups is 1. The van der Waals surface area contributed by atoms with Gasteiger partial charge in [-0.1, -0.05) is 13.8 Å². The summed E-state index contributed by atoms with van der Waals surface area (Å²) in [6.07, 6.45) is 1.75. The molecule has 0 spiro atoms. The fourth-order valence-corrected chi connectivity index (χ4v) is 1.89. The van der Waals surface area contributed by atoms with E-state index in [9.17, 15) is 4.79 Å². The summed E-state index contributed by atoms with van der Waals surface area (Å²) in [6.45, 7) is 5.73. The summed E-state index contributed by atoms with van der Waals surface area (Å²) in [6, 6.07) is 0.0175. The molecule has 3 heteroatoms. The molecule has 2 atom stereocenters. The summed E-state index contributed by atoms with van der Waals surface area (Å²) >= 11 is 0. The number of hydrogen-bond acceptors (Lipinski definition) is 3. The van der Waals surface area contributed by atoms with Gasteiger partial charge in [-0.25, -0.2) is 0 Å². The number of carbonyl (C=O) groups excluding carboxylic acids is 1. The first-order valence-corrected chi connectivity index (χ1v) is 4.33. The molecule has 2 N–H and O–H groups in total. The molecule has 1 rings (SSSR count). The lowest BCUT2D eigenvalue weighted by Gasteiger charge is -2.16. The van der Waals surface area contributed by atoms with Gasteiger partial charge in [-0.2, -0.15) is 0 Å². The Morgan fingerprint density at radius 2 is 2.08 bits per heavy atom. The lowest BCUT2D eigenvalue weighted by molar-refractivity contribution is -0.146. The Kier molecular flexibility index (Phi) is 2.42. The minimum atomic E-state index is -0.229. The van der Waals surface area contributed by atoms with Crippen LogP contribution >= 0.6 is 0 Å². The van der Waals surface area contributed by atoms with E-state index in [1.54, 1.807) is 0 Å². The van der Waals surface area contributed by atoms with Crippen LogP contribution in [0.3, 0.4) is 0 Å². The van der Waals surface area contributed by atoms with E-state index in [4.69, 9.17) is 10.5 Å². The van der Waals surface area contributed by atoms with Crippen LogP contribution in [-0.2, 0) is 9.53 Å². The molecule has 1 aliphatic rings. The van der Waals surface area contributed by atoms with Gasteiger partial charge in [0.2, 0.25) is 0 Å². The number of nitrogens with two attached hydrogens (primary N) is 1. The third-order valence-corrected chi connectivity index (χ3v) is 2.34. The molecule has 0 aromatic heterocycles. The van der Waals surface area contributed by atoms with E-state index in [0.717, 1.165) is 12.8 Å². The molecule has 12 heavy (non-hydrogen) atoms. The highest BCUT2D eigenvalue weighted by Gasteiger charge is 2.38. The summed E-state index contributed by atoms with van der Waals surface area (Å²) < 4.78 is 5.10. The minimum Gasteiger partial charge on any atom is -0.461 e. The van der Waals surface area contributed by atoms with Gasteiger partial charge in [-0.3, -0.25) is 4.79 Å². The number of ether oxygens (including phenoxy) is 1. The zero-order chi connectivity index (χ0) is 9.35. The van der Waals surface area contributed by atoms with E-state index in [0.29, 0.717) is 0 Å². The maximum atomic E-state index is 10.7. The molecule has 0 aromatic carbocycles. The van der Waals surface area contributed by atoms with Gasteiger partial charge in [-0.15, -0.1) is 0 Å². The van der Waals surface area contributed by atoms with Crippen LogP contribution in [0.15, 0.2) is 0 Å². The molecular formula is C9H17NO2. The SMILES string of the molecule is CC(=O)OC1CC(C)(C)CC1N. The van der Waals surface area contributed by atoms with Gasteiger partial charge in [-0.05, 0) is 18.3 Å². The quantitative estimate of drug-likeness (QED) is 0.600. The second-order valence-corrected chi connectivity index (χ2v) is 4.38. The Balaban J connectivity index is 2.52. The van der Waals surface area contributed by atoms with Gasteiger partial charge in [0.15, 0.2) is 0 Å². The first-order valence-electron chi connectivity index (χ1n) is 4.33. The van der Waals surface area contributed by atoms with Crippen molar-refractivity contribution >= 4 is 5.97 Å². The molecule has 1 fully saturated rings. The van der Waals surface area contributed by atoms with E-state index >= 15 is 0 Å². The largest absolute Gasteiger partial charge is 0.461 e. The Hall–Kier alpha value is -0.570. The van der Waals surface area contributed by atoms with Crippen LogP contribution < -0.4 is 5.73 Å². The third kappa shape index (κ3) is 2.21. The summed E-state index contributed by atoms with van der Waals surface area (Å²) in [4.78, 5) is 10.7. The van der Waals surface area contributed by atoms with Crippen LogP contribution in [0.25, 0.3) is 0 Å². The van der Waals surface area contributed by atoms with Crippen molar-refractivity contribution in [2.45, 2.75) is 45.8 Å². The molecule has 0 bridgehead atoms. The molecule has 1 aliphatic carbocycles. The molecule has 0 saturated heterocycles. The van der Waals surface area contributed by atoms with Crippen molar-refractivity contribution in [2.75, 3.05) is 0 Å². The van der Waals surface area contributed by atoms with E-state index in [2.05, 4.69) is 13.8 Å². The first-order chi connectivity index (χ1) is 5.41. The average molecular weight is 171 g/mol. The Morgan fingerprint density at radius 1 is 1.50 bits per heavy atom. The van der Waals surface area contributed by atoms with E-state index in [1.165, 1.54) is 6.92 Å². The van der Waals surface area contributed by atoms with Crippen LogP contribution in [-0.4, -0.2) is 18.1 Å². The van der Waals surface area contributed by atoms with Crippen molar-refractivity contribution in [3.8, 4) is 0 Å². The number of esters is 1. The van der Waals surface area contributed by atoms with Gasteiger partial charge >= 0.3 is 5.97 Å². The second-order valence-electron chi connectivity index (χ2n) is 4.38. The number of hydrogen-bond donors (Lipinski definition) is 1. The highest BCUT2D eigenvalue weighted by molar-refractivity contribution is 5.66. The molecule has 0 aromatic rings. The zero-order valence-corrected chi connectivity index (χ0v) is 7.96. The Bertz CT molecular complexity index is 189. The fraction of sp³-hybridized carbons (Fsp3) is 0.889. The minimum absolute atomic E-state index is 0.0175. The van der Waals surface area contributed by atoms with Crippen LogP contribution in [0.1, 0.15) is 33.6 Å². The maximum absolute atomic E-state index is 10.7. The summed E-state index contributed by atoms with van der Waals surface area (Å²) in [7, 11) is 0. The van der Waals surface area contributed by atoms with Gasteiger partial charge < -0.3 is 10.5 Å². The van der Waals surface area contributed by atoms with Gasteiger partial charge in [0.25, 0.3) is 0 Å². The van der Waals surface area contributed by atoms with E-state index in [-0.39, 0.29) is 23.5 Å². The van der Waals surface area contributed by atoms with Crippen LogP contribution in [0, 0.1) is 5.41 Å². The molecule has 0 heterocycles. The van der Waals surface area contributed by atoms with E-state index < -0.39 is 0 Å². The summed E-state index contributed by atoms with van der Waals surface area (Å²) in [5.41, 5.74) is 6.05. The van der Waals surface area contributed by atoms with E-state index in [1.807, 2.05) is 0 Å².